The molecular formula is C27H40N2O6. The van der Waals surface area contributed by atoms with Crippen LogP contribution in [0.1, 0.15) is 60.3 Å². The molecule has 1 N–H and O–H groups in total. The summed E-state index contributed by atoms with van der Waals surface area (Å²) in [7, 11) is 0. The minimum atomic E-state index is -1.30. The fourth-order valence-corrected chi connectivity index (χ4v) is 6.17. The van der Waals surface area contributed by atoms with Crippen LogP contribution < -0.4 is 0 Å². The number of allylic oxidation sites excluding steroid dienone is 1. The predicted octanol–water partition coefficient (Wildman–Crippen LogP) is 2.45. The van der Waals surface area contributed by atoms with Gasteiger partial charge in [0.05, 0.1) is 31.3 Å². The fraction of sp³-hybridized carbons (Fsp3) is 0.741. The second kappa shape index (κ2) is 9.69. The Labute approximate surface area is 208 Å². The van der Waals surface area contributed by atoms with Gasteiger partial charge in [-0.1, -0.05) is 38.2 Å². The Hall–Kier alpha value is -2.19. The summed E-state index contributed by atoms with van der Waals surface area (Å²) in [6, 6.07) is -1.52. The maximum Gasteiger partial charge on any atom is 0.312 e. The lowest BCUT2D eigenvalue weighted by Gasteiger charge is -2.42. The second-order valence-corrected chi connectivity index (χ2v) is 11.7. The van der Waals surface area contributed by atoms with Gasteiger partial charge in [-0.2, -0.15) is 0 Å². The van der Waals surface area contributed by atoms with E-state index in [0.717, 1.165) is 19.3 Å². The maximum absolute atomic E-state index is 14.2. The van der Waals surface area contributed by atoms with Gasteiger partial charge in [-0.3, -0.25) is 14.4 Å². The third-order valence-corrected chi connectivity index (χ3v) is 7.70. The molecule has 8 heteroatoms. The molecule has 1 unspecified atom stereocenters. The van der Waals surface area contributed by atoms with E-state index in [1.807, 2.05) is 58.9 Å². The molecule has 2 fully saturated rings. The average molecular weight is 489 g/mol. The first kappa shape index (κ1) is 25.9. The number of nitrogens with zero attached hydrogens (tertiary/aromatic N) is 2. The minimum absolute atomic E-state index is 0.196. The third-order valence-electron chi connectivity index (χ3n) is 7.70. The van der Waals surface area contributed by atoms with Gasteiger partial charge >= 0.3 is 5.97 Å². The minimum Gasteiger partial charge on any atom is -0.465 e. The highest BCUT2D eigenvalue weighted by Gasteiger charge is 2.72. The number of esters is 1. The molecule has 2 saturated heterocycles. The van der Waals surface area contributed by atoms with Gasteiger partial charge in [-0.25, -0.2) is 0 Å². The topological polar surface area (TPSA) is 96.4 Å². The molecule has 0 aliphatic carbocycles. The standard InChI is InChI=1S/C27H40N2O6/c1-17(2)15-18(16-30)29-22-24(32)28(26(3,4)5)13-10-12-27(22)21(23(29)31)20-19(35-27)11-8-6-7-9-14-34-25(20)33/h8,10-12,17-22,30H,6-7,9,13-16H2,1-5H3/b11-8-/t18-,19-,20+,21+,22?,27+/m1/s1. The Morgan fingerprint density at radius 3 is 2.54 bits per heavy atom. The summed E-state index contributed by atoms with van der Waals surface area (Å²) in [5.74, 6) is -2.54. The fourth-order valence-electron chi connectivity index (χ4n) is 6.17. The number of likely N-dealkylation sites (tertiary alicyclic amines) is 1. The zero-order valence-electron chi connectivity index (χ0n) is 21.6. The molecule has 4 aliphatic rings. The number of carbonyl (C=O) groups is 3. The maximum atomic E-state index is 14.2. The number of hydrogen-bond acceptors (Lipinski definition) is 6. The SMILES string of the molecule is CC(C)C[C@H](CO)N1C(=O)[C@@H]2[C@H]3C(=O)OCCCC/C=C\[C@H]3O[C@@]23C=CCN(C(C)(C)C)C(=O)C13. The van der Waals surface area contributed by atoms with Crippen molar-refractivity contribution in [2.75, 3.05) is 19.8 Å². The van der Waals surface area contributed by atoms with Crippen LogP contribution in [-0.4, -0.2) is 81.8 Å². The van der Waals surface area contributed by atoms with Crippen LogP contribution in [0.4, 0.5) is 0 Å². The van der Waals surface area contributed by atoms with Crippen molar-refractivity contribution in [1.82, 2.24) is 9.80 Å². The average Bonchev–Trinajstić information content (AvgIpc) is 3.16. The molecule has 4 aliphatic heterocycles. The molecule has 0 radical (unpaired) electrons. The van der Waals surface area contributed by atoms with Gasteiger partial charge < -0.3 is 24.4 Å². The smallest absolute Gasteiger partial charge is 0.312 e. The lowest BCUT2D eigenvalue weighted by Crippen LogP contribution is -2.60. The molecule has 0 bridgehead atoms. The van der Waals surface area contributed by atoms with Crippen molar-refractivity contribution in [2.24, 2.45) is 17.8 Å². The first-order chi connectivity index (χ1) is 16.5. The molecule has 0 saturated carbocycles. The molecule has 0 aromatic heterocycles. The predicted molar refractivity (Wildman–Crippen MR) is 130 cm³/mol. The van der Waals surface area contributed by atoms with E-state index in [0.29, 0.717) is 19.6 Å². The molecular weight excluding hydrogens is 448 g/mol. The molecule has 0 aromatic carbocycles. The quantitative estimate of drug-likeness (QED) is 0.482. The highest BCUT2D eigenvalue weighted by molar-refractivity contribution is 5.99. The van der Waals surface area contributed by atoms with Crippen molar-refractivity contribution in [2.45, 2.75) is 89.6 Å². The Balaban J connectivity index is 1.86. The van der Waals surface area contributed by atoms with Crippen molar-refractivity contribution in [3.05, 3.63) is 24.3 Å². The number of carbonyl (C=O) groups excluding carboxylic acids is 3. The number of hydrogen-bond donors (Lipinski definition) is 1. The van der Waals surface area contributed by atoms with Gasteiger partial charge in [-0.05, 0) is 52.4 Å². The van der Waals surface area contributed by atoms with Crippen LogP contribution in [0.5, 0.6) is 0 Å². The van der Waals surface area contributed by atoms with Crippen LogP contribution in [0.15, 0.2) is 24.3 Å². The molecule has 2 amide bonds. The summed E-state index contributed by atoms with van der Waals surface area (Å²) in [5.41, 5.74) is -1.78. The monoisotopic (exact) mass is 488 g/mol. The van der Waals surface area contributed by atoms with E-state index >= 15 is 0 Å². The summed E-state index contributed by atoms with van der Waals surface area (Å²) in [6.45, 7) is 10.3. The third kappa shape index (κ3) is 4.44. The van der Waals surface area contributed by atoms with Crippen molar-refractivity contribution >= 4 is 17.8 Å². The number of ether oxygens (including phenoxy) is 2. The lowest BCUT2D eigenvalue weighted by molar-refractivity contribution is -0.157. The Bertz CT molecular complexity index is 906. The van der Waals surface area contributed by atoms with Crippen LogP contribution in [0, 0.1) is 17.8 Å². The molecule has 194 valence electrons. The van der Waals surface area contributed by atoms with Crippen molar-refractivity contribution in [3.8, 4) is 0 Å². The number of aliphatic hydroxyl groups excluding tert-OH is 1. The van der Waals surface area contributed by atoms with E-state index in [4.69, 9.17) is 9.47 Å². The first-order valence-corrected chi connectivity index (χ1v) is 13.0. The highest BCUT2D eigenvalue weighted by atomic mass is 16.6. The van der Waals surface area contributed by atoms with Crippen LogP contribution in [0.25, 0.3) is 0 Å². The molecule has 1 spiro atoms. The largest absolute Gasteiger partial charge is 0.465 e. The van der Waals surface area contributed by atoms with E-state index in [1.54, 1.807) is 4.90 Å². The van der Waals surface area contributed by atoms with E-state index < -0.39 is 47.1 Å². The van der Waals surface area contributed by atoms with Crippen LogP contribution in [0.2, 0.25) is 0 Å². The van der Waals surface area contributed by atoms with E-state index in [-0.39, 0.29) is 24.3 Å². The molecule has 6 atom stereocenters. The van der Waals surface area contributed by atoms with E-state index in [1.165, 1.54) is 4.90 Å². The normalized spacial score (nSPS) is 35.3. The lowest BCUT2D eigenvalue weighted by atomic mass is 9.77. The Morgan fingerprint density at radius 2 is 1.89 bits per heavy atom. The second-order valence-electron chi connectivity index (χ2n) is 11.7. The Kier molecular flexibility index (Phi) is 7.17. The number of fused-ring (bicyclic) bond motifs is 2. The van der Waals surface area contributed by atoms with Gasteiger partial charge in [0.25, 0.3) is 0 Å². The van der Waals surface area contributed by atoms with E-state index in [9.17, 15) is 19.5 Å². The molecule has 35 heavy (non-hydrogen) atoms. The summed E-state index contributed by atoms with van der Waals surface area (Å²) >= 11 is 0. The van der Waals surface area contributed by atoms with E-state index in [2.05, 4.69) is 0 Å². The van der Waals surface area contributed by atoms with Gasteiger partial charge in [0.2, 0.25) is 11.8 Å². The van der Waals surface area contributed by atoms with Crippen molar-refractivity contribution in [1.29, 1.82) is 0 Å². The van der Waals surface area contributed by atoms with Gasteiger partial charge in [0.1, 0.15) is 17.6 Å². The number of cyclic esters (lactones) is 1. The zero-order valence-corrected chi connectivity index (χ0v) is 21.6. The van der Waals surface area contributed by atoms with Gasteiger partial charge in [-0.15, -0.1) is 0 Å². The molecule has 4 heterocycles. The number of amides is 2. The highest BCUT2D eigenvalue weighted by Crippen LogP contribution is 2.54. The van der Waals surface area contributed by atoms with Crippen LogP contribution in [0.3, 0.4) is 0 Å². The van der Waals surface area contributed by atoms with Gasteiger partial charge in [0, 0.05) is 12.1 Å². The van der Waals surface area contributed by atoms with Crippen molar-refractivity contribution < 1.29 is 29.0 Å². The van der Waals surface area contributed by atoms with Crippen LogP contribution in [-0.2, 0) is 23.9 Å². The van der Waals surface area contributed by atoms with Gasteiger partial charge in [0.15, 0.2) is 0 Å². The summed E-state index contributed by atoms with van der Waals surface area (Å²) < 4.78 is 12.2. The molecule has 8 nitrogen and oxygen atoms in total. The number of aliphatic hydroxyl groups is 1. The van der Waals surface area contributed by atoms with Crippen LogP contribution >= 0.6 is 0 Å². The summed E-state index contributed by atoms with van der Waals surface area (Å²) in [4.78, 5) is 45.0. The Morgan fingerprint density at radius 1 is 1.14 bits per heavy atom. The molecule has 0 aromatic rings. The first-order valence-electron chi connectivity index (χ1n) is 13.0. The zero-order chi connectivity index (χ0) is 25.5. The van der Waals surface area contributed by atoms with Crippen molar-refractivity contribution in [3.63, 3.8) is 0 Å². The summed E-state index contributed by atoms with van der Waals surface area (Å²) in [5, 5.41) is 10.3. The number of rotatable bonds is 4. The molecule has 4 rings (SSSR count). The summed E-state index contributed by atoms with van der Waals surface area (Å²) in [6.07, 6.45) is 9.95.